The van der Waals surface area contributed by atoms with Gasteiger partial charge in [0.1, 0.15) is 6.17 Å². The highest BCUT2D eigenvalue weighted by atomic mass is 19.1. The summed E-state index contributed by atoms with van der Waals surface area (Å²) in [5.74, 6) is 59.4. The molecule has 1 rings (SSSR count). The molecule has 1 aliphatic heterocycles. The normalized spacial score (nSPS) is 16.7. The Hall–Kier alpha value is -7.00. The fourth-order valence-electron chi connectivity index (χ4n) is 6.25. The van der Waals surface area contributed by atoms with Crippen LogP contribution < -0.4 is 5.32 Å². The zero-order chi connectivity index (χ0) is 45.1. The molecule has 0 radical (unpaired) electrons. The lowest BCUT2D eigenvalue weighted by Crippen LogP contribution is -2.50. The molecule has 1 N–H and O–H groups in total. The maximum Gasteiger partial charge on any atom is 0.297 e. The first-order valence-electron chi connectivity index (χ1n) is 21.1. The summed E-state index contributed by atoms with van der Waals surface area (Å²) in [6.45, 7) is 19.7. The summed E-state index contributed by atoms with van der Waals surface area (Å²) in [5.41, 5.74) is 0. The van der Waals surface area contributed by atoms with E-state index in [1.54, 1.807) is 19.1 Å². The Balaban J connectivity index is -0.0000000728. The molecule has 1 aliphatic rings. The van der Waals surface area contributed by atoms with Crippen molar-refractivity contribution in [3.8, 4) is 142 Å². The van der Waals surface area contributed by atoms with Crippen molar-refractivity contribution in [3.05, 3.63) is 50.6 Å². The van der Waals surface area contributed by atoms with E-state index in [0.717, 1.165) is 19.3 Å². The Labute approximate surface area is 409 Å². The standard InChI is InChI=1S/C57H56FNO3.24H2/c1-7-13-15-17-19-21-23-25-26-27-28-29-30-31-32-33-34-35-37-39-41-43-45-48-56(60)59-54(53(58)47-44-42-40-38-36-24-22-20-18-16-14-8-2)49-61-57-52(12-6)50(10-4)51(11-5)55(62-57)46-9-3;;;;;;;;;;;;;;;;;;;;;;;;/h9-12,50-55,57H,3-6,8,14,16,18,20,22,24,36,38,40,42,44,46-47,49H2,1-2H3,(H,59,60);24*1H/t50?,51-,52+,53-,54+,55?,57+;;;;;;;;;;;;;;;;;;;;;;;;/m1......................../s1. The minimum atomic E-state index is -1.36. The monoisotopic (exact) mass is 870 g/mol. The van der Waals surface area contributed by atoms with Crippen molar-refractivity contribution >= 4 is 5.91 Å². The topological polar surface area (TPSA) is 47.6 Å². The number of allylic oxidation sites excluding steroid dienone is 1. The van der Waals surface area contributed by atoms with Gasteiger partial charge in [0.25, 0.3) is 5.91 Å². The van der Waals surface area contributed by atoms with Crippen molar-refractivity contribution < 1.29 is 52.9 Å². The van der Waals surface area contributed by atoms with Crippen LogP contribution in [0.5, 0.6) is 0 Å². The van der Waals surface area contributed by atoms with Gasteiger partial charge >= 0.3 is 0 Å². The summed E-state index contributed by atoms with van der Waals surface area (Å²) in [6.07, 6.45) is 19.9. The molecule has 5 heteroatoms. The van der Waals surface area contributed by atoms with E-state index in [-0.39, 0.29) is 71.1 Å². The minimum absolute atomic E-state index is 0. The summed E-state index contributed by atoms with van der Waals surface area (Å²) in [6, 6.07) is -0.964. The number of amides is 1. The average Bonchev–Trinajstić information content (AvgIpc) is 3.28. The van der Waals surface area contributed by atoms with Crippen LogP contribution in [0.3, 0.4) is 0 Å². The van der Waals surface area contributed by atoms with Crippen LogP contribution in [0, 0.1) is 160 Å². The van der Waals surface area contributed by atoms with E-state index in [9.17, 15) is 4.79 Å². The van der Waals surface area contributed by atoms with E-state index in [0.29, 0.717) is 12.8 Å². The van der Waals surface area contributed by atoms with Crippen molar-refractivity contribution in [1.29, 1.82) is 0 Å². The first-order chi connectivity index (χ1) is 30.5. The molecule has 0 aromatic rings. The van der Waals surface area contributed by atoms with Crippen LogP contribution in [0.1, 0.15) is 138 Å². The fourth-order valence-corrected chi connectivity index (χ4v) is 6.25. The highest BCUT2D eigenvalue weighted by Gasteiger charge is 2.42. The number of nitrogens with one attached hydrogen (secondary N) is 1. The third kappa shape index (κ3) is 26.2. The van der Waals surface area contributed by atoms with Gasteiger partial charge in [-0.15, -0.1) is 26.3 Å². The van der Waals surface area contributed by atoms with Crippen LogP contribution in [0.4, 0.5) is 4.39 Å². The Morgan fingerprint density at radius 1 is 0.613 bits per heavy atom. The second kappa shape index (κ2) is 38.2. The van der Waals surface area contributed by atoms with Gasteiger partial charge in [-0.3, -0.25) is 4.79 Å². The van der Waals surface area contributed by atoms with Gasteiger partial charge in [0.15, 0.2) is 6.29 Å². The number of hydrogen-bond donors (Lipinski definition) is 1. The number of carbonyl (C=O) groups excluding carboxylic acids is 1. The van der Waals surface area contributed by atoms with E-state index in [2.05, 4.69) is 181 Å². The van der Waals surface area contributed by atoms with Crippen molar-refractivity contribution in [2.45, 2.75) is 128 Å². The SMILES string of the molecule is C=CCC1O[C@H](OC[C@H](NC(=O)C#CC#CC#CC#CC#CC#CC#CC#CC#CC#CC#CC#CC)[C@H](F)CCCCCCCCCCCCCC)[C@@H](C=C)C(C=C)[C@H]1C=C.[HH].[HH].[HH].[HH].[HH].[HH].[HH].[HH].[HH].[HH].[HH].[HH].[HH].[HH].[HH].[HH].[HH].[HH].[HH].[HH].[HH].[HH].[HH].[HH]. The van der Waals surface area contributed by atoms with Gasteiger partial charge in [-0.1, -0.05) is 114 Å². The summed E-state index contributed by atoms with van der Waals surface area (Å²) < 4.78 is 28.4. The Morgan fingerprint density at radius 2 is 1.02 bits per heavy atom. The molecule has 0 aromatic heterocycles. The molecule has 0 saturated carbocycles. The van der Waals surface area contributed by atoms with Crippen molar-refractivity contribution in [2.24, 2.45) is 17.8 Å². The van der Waals surface area contributed by atoms with Gasteiger partial charge in [0.05, 0.1) is 18.8 Å². The van der Waals surface area contributed by atoms with Crippen molar-refractivity contribution in [3.63, 3.8) is 0 Å². The molecule has 1 saturated heterocycles. The van der Waals surface area contributed by atoms with E-state index >= 15 is 4.39 Å². The second-order valence-electron chi connectivity index (χ2n) is 13.7. The zero-order valence-electron chi connectivity index (χ0n) is 36.4. The van der Waals surface area contributed by atoms with E-state index < -0.39 is 24.4 Å². The Bertz CT molecular complexity index is 2350. The molecule has 0 aromatic carbocycles. The molecular weight excluding hydrogens is 766 g/mol. The molecular formula is C57H104FNO3. The van der Waals surface area contributed by atoms with Gasteiger partial charge in [-0.2, -0.15) is 0 Å². The van der Waals surface area contributed by atoms with Crippen LogP contribution in [0.2, 0.25) is 0 Å². The van der Waals surface area contributed by atoms with Gasteiger partial charge in [-0.25, -0.2) is 4.39 Å². The largest absolute Gasteiger partial charge is 0.350 e. The Kier molecular flexibility index (Phi) is 32.7. The first kappa shape index (κ1) is 53.0. The number of ether oxygens (including phenoxy) is 2. The number of hydrogen-bond acceptors (Lipinski definition) is 3. The summed E-state index contributed by atoms with van der Waals surface area (Å²) in [7, 11) is 0. The summed E-state index contributed by atoms with van der Waals surface area (Å²) in [4.78, 5) is 12.9. The van der Waals surface area contributed by atoms with Crippen LogP contribution in [-0.2, 0) is 14.3 Å². The number of rotatable bonds is 23. The van der Waals surface area contributed by atoms with Crippen molar-refractivity contribution in [2.75, 3.05) is 6.61 Å². The lowest BCUT2D eigenvalue weighted by molar-refractivity contribution is -0.236. The van der Waals surface area contributed by atoms with Crippen LogP contribution in [0.25, 0.3) is 0 Å². The molecule has 2 unspecified atom stereocenters. The van der Waals surface area contributed by atoms with E-state index in [1.807, 2.05) is 12.2 Å². The van der Waals surface area contributed by atoms with Crippen LogP contribution in [0.15, 0.2) is 50.6 Å². The first-order valence-corrected chi connectivity index (χ1v) is 21.1. The number of unbranched alkanes of at least 4 members (excludes halogenated alkanes) is 11. The maximum atomic E-state index is 15.9. The van der Waals surface area contributed by atoms with Crippen LogP contribution in [-0.4, -0.2) is 37.1 Å². The Morgan fingerprint density at radius 3 is 1.42 bits per heavy atom. The fraction of sp³-hybridized carbons (Fsp3) is 0.421. The van der Waals surface area contributed by atoms with E-state index in [4.69, 9.17) is 9.47 Å². The molecule has 0 spiro atoms. The number of halogens is 1. The van der Waals surface area contributed by atoms with Gasteiger partial charge in [0, 0.05) is 87.5 Å². The molecule has 0 bridgehead atoms. The minimum Gasteiger partial charge on any atom is -0.350 e. The second-order valence-corrected chi connectivity index (χ2v) is 13.7. The van der Waals surface area contributed by atoms with Gasteiger partial charge in [-0.05, 0) is 120 Å². The zero-order valence-corrected chi connectivity index (χ0v) is 36.4. The molecule has 362 valence electrons. The van der Waals surface area contributed by atoms with Crippen molar-refractivity contribution in [1.82, 2.24) is 5.32 Å². The van der Waals surface area contributed by atoms with E-state index in [1.165, 1.54) is 51.4 Å². The number of carbonyl (C=O) groups is 1. The molecule has 1 fully saturated rings. The lowest BCUT2D eigenvalue weighted by Gasteiger charge is -2.44. The molecule has 0 aliphatic carbocycles. The van der Waals surface area contributed by atoms with Gasteiger partial charge in [0.2, 0.25) is 0 Å². The summed E-state index contributed by atoms with van der Waals surface area (Å²) in [5, 5.41) is 2.70. The quantitative estimate of drug-likeness (QED) is 0.0632. The third-order valence-corrected chi connectivity index (χ3v) is 9.30. The maximum absolute atomic E-state index is 15.9. The molecule has 1 amide bonds. The predicted octanol–water partition coefficient (Wildman–Crippen LogP) is 14.6. The smallest absolute Gasteiger partial charge is 0.297 e. The lowest BCUT2D eigenvalue weighted by atomic mass is 9.75. The summed E-state index contributed by atoms with van der Waals surface area (Å²) >= 11 is 0. The average molecular weight is 870 g/mol. The third-order valence-electron chi connectivity index (χ3n) is 9.30. The number of alkyl halides is 1. The predicted molar refractivity (Wildman–Crippen MR) is 303 cm³/mol. The highest BCUT2D eigenvalue weighted by Crippen LogP contribution is 2.39. The molecule has 4 nitrogen and oxygen atoms in total. The molecule has 7 atom stereocenters. The highest BCUT2D eigenvalue weighted by molar-refractivity contribution is 5.94. The van der Waals surface area contributed by atoms with Crippen LogP contribution >= 0.6 is 0 Å². The molecule has 1 heterocycles. The van der Waals surface area contributed by atoms with Gasteiger partial charge < -0.3 is 14.8 Å². The molecule has 62 heavy (non-hydrogen) atoms.